The summed E-state index contributed by atoms with van der Waals surface area (Å²) in [4.78, 5) is 51.5. The molecule has 1 aromatic heterocycles. The van der Waals surface area contributed by atoms with Gasteiger partial charge in [-0.15, -0.1) is 11.3 Å². The number of hydrogen-bond donors (Lipinski definition) is 2. The number of carbonyl (C=O) groups excluding carboxylic acids is 4. The minimum atomic E-state index is -1.03. The fourth-order valence-corrected chi connectivity index (χ4v) is 6.28. The molecule has 0 fully saturated rings. The third-order valence-corrected chi connectivity index (χ3v) is 8.14. The summed E-state index contributed by atoms with van der Waals surface area (Å²) in [5, 5.41) is 7.22. The summed E-state index contributed by atoms with van der Waals surface area (Å²) >= 11 is 13.3. The van der Waals surface area contributed by atoms with Gasteiger partial charge in [-0.2, -0.15) is 5.10 Å². The Morgan fingerprint density at radius 3 is 2.53 bits per heavy atom. The molecule has 0 bridgehead atoms. The van der Waals surface area contributed by atoms with Crippen molar-refractivity contribution in [2.75, 3.05) is 18.5 Å². The zero-order chi connectivity index (χ0) is 31.1. The molecule has 43 heavy (non-hydrogen) atoms. The Morgan fingerprint density at radius 2 is 1.81 bits per heavy atom. The topological polar surface area (TPSA) is 132 Å². The maximum absolute atomic E-state index is 12.7. The Balaban J connectivity index is 1.42. The molecule has 2 amide bonds. The van der Waals surface area contributed by atoms with E-state index < -0.39 is 23.8 Å². The van der Waals surface area contributed by atoms with Crippen molar-refractivity contribution in [3.05, 3.63) is 73.6 Å². The van der Waals surface area contributed by atoms with Gasteiger partial charge in [0.1, 0.15) is 5.00 Å². The number of anilines is 1. The molecule has 3 aromatic rings. The average molecular weight is 647 g/mol. The van der Waals surface area contributed by atoms with Crippen molar-refractivity contribution in [3.8, 4) is 11.5 Å². The summed E-state index contributed by atoms with van der Waals surface area (Å²) in [7, 11) is 0. The molecule has 4 rings (SSSR count). The zero-order valence-corrected chi connectivity index (χ0v) is 26.0. The SMILES string of the molecule is CCOC(=O)c1c(NC(=O)C(=O)N/N=C/c2ccc(OC(=O)c3ccc(Cl)cc3Cl)c(OCC)c2)sc2c1CCC(C)C2. The number of esters is 2. The highest BCUT2D eigenvalue weighted by atomic mass is 35.5. The summed E-state index contributed by atoms with van der Waals surface area (Å²) in [6.07, 6.45) is 3.70. The zero-order valence-electron chi connectivity index (χ0n) is 23.6. The number of nitrogens with one attached hydrogen (secondary N) is 2. The van der Waals surface area contributed by atoms with E-state index in [9.17, 15) is 19.2 Å². The predicted molar refractivity (Wildman–Crippen MR) is 165 cm³/mol. The van der Waals surface area contributed by atoms with E-state index in [0.29, 0.717) is 28.5 Å². The predicted octanol–water partition coefficient (Wildman–Crippen LogP) is 6.06. The maximum Gasteiger partial charge on any atom is 0.345 e. The van der Waals surface area contributed by atoms with Gasteiger partial charge in [0, 0.05) is 9.90 Å². The second-order valence-electron chi connectivity index (χ2n) is 9.58. The first kappa shape index (κ1) is 32.0. The second kappa shape index (κ2) is 14.5. The van der Waals surface area contributed by atoms with E-state index in [1.54, 1.807) is 26.0 Å². The van der Waals surface area contributed by atoms with Crippen LogP contribution in [0.4, 0.5) is 5.00 Å². The molecule has 0 radical (unpaired) electrons. The standard InChI is InChI=1S/C30H29Cl2N3O7S/c1-4-40-23-13-17(7-11-22(23)42-29(38)19-10-8-18(31)14-21(19)32)15-33-35-27(37)26(36)34-28-25(30(39)41-5-2)20-9-6-16(3)12-24(20)43-28/h7-8,10-11,13-16H,4-6,9,12H2,1-3H3,(H,34,36)(H,35,37)/b33-15+. The smallest absolute Gasteiger partial charge is 0.345 e. The first-order valence-electron chi connectivity index (χ1n) is 13.5. The van der Waals surface area contributed by atoms with Gasteiger partial charge in [-0.25, -0.2) is 15.0 Å². The lowest BCUT2D eigenvalue weighted by Crippen LogP contribution is -2.32. The van der Waals surface area contributed by atoms with Crippen LogP contribution in [-0.2, 0) is 27.2 Å². The first-order valence-corrected chi connectivity index (χ1v) is 15.1. The number of hydrogen-bond acceptors (Lipinski definition) is 9. The van der Waals surface area contributed by atoms with Crippen LogP contribution in [0.3, 0.4) is 0 Å². The van der Waals surface area contributed by atoms with Crippen LogP contribution < -0.4 is 20.2 Å². The van der Waals surface area contributed by atoms with E-state index in [4.69, 9.17) is 37.4 Å². The number of fused-ring (bicyclic) bond motifs is 1. The molecule has 0 saturated heterocycles. The molecular weight excluding hydrogens is 617 g/mol. The molecule has 1 aliphatic carbocycles. The number of nitrogens with zero attached hydrogens (tertiary/aromatic N) is 1. The molecule has 0 spiro atoms. The van der Waals surface area contributed by atoms with Gasteiger partial charge in [-0.1, -0.05) is 30.1 Å². The van der Waals surface area contributed by atoms with Gasteiger partial charge in [0.25, 0.3) is 0 Å². The van der Waals surface area contributed by atoms with E-state index in [0.717, 1.165) is 23.3 Å². The van der Waals surface area contributed by atoms with Crippen molar-refractivity contribution in [1.82, 2.24) is 5.43 Å². The number of carbonyl (C=O) groups is 4. The molecule has 1 unspecified atom stereocenters. The largest absolute Gasteiger partial charge is 0.490 e. The molecule has 10 nitrogen and oxygen atoms in total. The van der Waals surface area contributed by atoms with Crippen LogP contribution in [0.1, 0.15) is 63.9 Å². The highest BCUT2D eigenvalue weighted by Crippen LogP contribution is 2.40. The minimum absolute atomic E-state index is 0.131. The molecule has 226 valence electrons. The molecule has 1 heterocycles. The quantitative estimate of drug-likeness (QED) is 0.0950. The number of amides is 2. The molecule has 0 aliphatic heterocycles. The monoisotopic (exact) mass is 645 g/mol. The Bertz CT molecular complexity index is 1590. The van der Waals surface area contributed by atoms with Crippen LogP contribution in [-0.4, -0.2) is 43.2 Å². The van der Waals surface area contributed by atoms with Crippen molar-refractivity contribution in [2.45, 2.75) is 40.0 Å². The van der Waals surface area contributed by atoms with Crippen molar-refractivity contribution < 1.29 is 33.4 Å². The fraction of sp³-hybridized carbons (Fsp3) is 0.300. The molecule has 0 saturated carbocycles. The minimum Gasteiger partial charge on any atom is -0.490 e. The lowest BCUT2D eigenvalue weighted by Gasteiger charge is -2.18. The van der Waals surface area contributed by atoms with Crippen LogP contribution in [0.15, 0.2) is 41.5 Å². The van der Waals surface area contributed by atoms with E-state index in [1.807, 2.05) is 0 Å². The van der Waals surface area contributed by atoms with Gasteiger partial charge in [0.15, 0.2) is 11.5 Å². The van der Waals surface area contributed by atoms with Crippen LogP contribution in [0.2, 0.25) is 10.0 Å². The van der Waals surface area contributed by atoms with Crippen LogP contribution >= 0.6 is 34.5 Å². The Labute approximate surface area is 262 Å². The van der Waals surface area contributed by atoms with Gasteiger partial charge >= 0.3 is 23.8 Å². The summed E-state index contributed by atoms with van der Waals surface area (Å²) < 4.78 is 16.3. The van der Waals surface area contributed by atoms with Crippen LogP contribution in [0, 0.1) is 5.92 Å². The van der Waals surface area contributed by atoms with Gasteiger partial charge in [-0.3, -0.25) is 9.59 Å². The molecule has 2 aromatic carbocycles. The van der Waals surface area contributed by atoms with E-state index >= 15 is 0 Å². The average Bonchev–Trinajstić information content (AvgIpc) is 3.31. The lowest BCUT2D eigenvalue weighted by atomic mass is 9.88. The lowest BCUT2D eigenvalue weighted by molar-refractivity contribution is -0.136. The van der Waals surface area contributed by atoms with Gasteiger partial charge < -0.3 is 19.5 Å². The van der Waals surface area contributed by atoms with Crippen LogP contribution in [0.25, 0.3) is 0 Å². The Morgan fingerprint density at radius 1 is 1.02 bits per heavy atom. The number of hydrazone groups is 1. The van der Waals surface area contributed by atoms with Crippen LogP contribution in [0.5, 0.6) is 11.5 Å². The summed E-state index contributed by atoms with van der Waals surface area (Å²) in [5.74, 6) is -2.39. The van der Waals surface area contributed by atoms with Gasteiger partial charge in [0.2, 0.25) is 0 Å². The van der Waals surface area contributed by atoms with E-state index in [1.165, 1.54) is 41.8 Å². The molecule has 13 heteroatoms. The molecule has 1 aliphatic rings. The number of ether oxygens (including phenoxy) is 3. The Kier molecular flexibility index (Phi) is 10.8. The van der Waals surface area contributed by atoms with Crippen molar-refractivity contribution in [2.24, 2.45) is 11.0 Å². The first-order chi connectivity index (χ1) is 20.6. The third kappa shape index (κ3) is 7.92. The normalized spacial score (nSPS) is 14.1. The number of thiophene rings is 1. The van der Waals surface area contributed by atoms with E-state index in [2.05, 4.69) is 22.8 Å². The fourth-order valence-electron chi connectivity index (χ4n) is 4.40. The van der Waals surface area contributed by atoms with Gasteiger partial charge in [0.05, 0.1) is 35.6 Å². The summed E-state index contributed by atoms with van der Waals surface area (Å²) in [6, 6.07) is 9.04. The number of benzene rings is 2. The number of halogens is 2. The summed E-state index contributed by atoms with van der Waals surface area (Å²) in [6.45, 7) is 6.07. The summed E-state index contributed by atoms with van der Waals surface area (Å²) in [5.41, 5.74) is 3.97. The molecular formula is C30H29Cl2N3O7S. The van der Waals surface area contributed by atoms with Crippen molar-refractivity contribution >= 4 is 69.5 Å². The highest BCUT2D eigenvalue weighted by Gasteiger charge is 2.30. The highest BCUT2D eigenvalue weighted by molar-refractivity contribution is 7.17. The third-order valence-electron chi connectivity index (χ3n) is 6.43. The van der Waals surface area contributed by atoms with Crippen molar-refractivity contribution in [1.29, 1.82) is 0 Å². The maximum atomic E-state index is 12.7. The molecule has 1 atom stereocenters. The number of rotatable bonds is 9. The van der Waals surface area contributed by atoms with E-state index in [-0.39, 0.29) is 40.3 Å². The van der Waals surface area contributed by atoms with Gasteiger partial charge in [-0.05, 0) is 86.6 Å². The second-order valence-corrected chi connectivity index (χ2v) is 11.5. The van der Waals surface area contributed by atoms with Crippen molar-refractivity contribution in [3.63, 3.8) is 0 Å². The molecule has 2 N–H and O–H groups in total. The Hall–Kier alpha value is -3.93.